The summed E-state index contributed by atoms with van der Waals surface area (Å²) in [5.74, 6) is 0.367. The van der Waals surface area contributed by atoms with E-state index in [9.17, 15) is 4.79 Å². The first-order valence-electron chi connectivity index (χ1n) is 5.87. The van der Waals surface area contributed by atoms with Crippen molar-refractivity contribution in [1.82, 2.24) is 0 Å². The highest BCUT2D eigenvalue weighted by Gasteiger charge is 2.21. The van der Waals surface area contributed by atoms with E-state index >= 15 is 0 Å². The predicted octanol–water partition coefficient (Wildman–Crippen LogP) is 3.12. The third kappa shape index (κ3) is 3.50. The number of cyclic esters (lactones) is 1. The zero-order chi connectivity index (χ0) is 13.0. The number of hydrogen-bond donors (Lipinski definition) is 0. The summed E-state index contributed by atoms with van der Waals surface area (Å²) >= 11 is 5.82. The highest BCUT2D eigenvalue weighted by molar-refractivity contribution is 6.30. The monoisotopic (exact) mass is 266 g/mol. The second-order valence-corrected chi connectivity index (χ2v) is 4.68. The molecule has 0 bridgehead atoms. The smallest absolute Gasteiger partial charge is 0.334 e. The number of benzene rings is 1. The van der Waals surface area contributed by atoms with Crippen molar-refractivity contribution < 1.29 is 14.3 Å². The van der Waals surface area contributed by atoms with Crippen molar-refractivity contribution in [2.24, 2.45) is 0 Å². The van der Waals surface area contributed by atoms with Gasteiger partial charge in [0.05, 0.1) is 13.2 Å². The maximum absolute atomic E-state index is 11.3. The lowest BCUT2D eigenvalue weighted by Crippen LogP contribution is -2.23. The van der Waals surface area contributed by atoms with Gasteiger partial charge in [-0.2, -0.15) is 0 Å². The minimum Gasteiger partial charge on any atom is -0.501 e. The Morgan fingerprint density at radius 2 is 2.11 bits per heavy atom. The van der Waals surface area contributed by atoms with E-state index in [4.69, 9.17) is 21.1 Å². The van der Waals surface area contributed by atoms with E-state index in [1.54, 1.807) is 7.11 Å². The molecule has 1 aliphatic rings. The molecule has 96 valence electrons. The van der Waals surface area contributed by atoms with E-state index in [1.807, 2.05) is 24.3 Å². The van der Waals surface area contributed by atoms with Gasteiger partial charge in [-0.25, -0.2) is 4.79 Å². The van der Waals surface area contributed by atoms with Gasteiger partial charge in [0.15, 0.2) is 0 Å². The molecule has 0 amide bonds. The molecule has 0 aliphatic carbocycles. The summed E-state index contributed by atoms with van der Waals surface area (Å²) in [6.07, 6.45) is 3.59. The van der Waals surface area contributed by atoms with E-state index in [-0.39, 0.29) is 12.1 Å². The van der Waals surface area contributed by atoms with Crippen LogP contribution in [0.1, 0.15) is 18.4 Å². The lowest BCUT2D eigenvalue weighted by atomic mass is 10.0. The lowest BCUT2D eigenvalue weighted by molar-refractivity contribution is -0.145. The Hall–Kier alpha value is -1.48. The zero-order valence-corrected chi connectivity index (χ0v) is 10.9. The number of rotatable bonds is 4. The summed E-state index contributed by atoms with van der Waals surface area (Å²) in [4.78, 5) is 11.3. The van der Waals surface area contributed by atoms with Crippen molar-refractivity contribution in [2.75, 3.05) is 7.11 Å². The topological polar surface area (TPSA) is 35.5 Å². The maximum Gasteiger partial charge on any atom is 0.334 e. The minimum atomic E-state index is -0.320. The van der Waals surface area contributed by atoms with Crippen LogP contribution in [-0.2, 0) is 20.7 Å². The van der Waals surface area contributed by atoms with Gasteiger partial charge in [0.2, 0.25) is 0 Å². The van der Waals surface area contributed by atoms with Gasteiger partial charge in [0, 0.05) is 11.4 Å². The number of carbonyl (C=O) groups excluding carboxylic acids is 1. The number of methoxy groups -OCH3 is 1. The SMILES string of the molecule is COC1=CC(=O)OC(CCc2ccc(Cl)cc2)C1. The van der Waals surface area contributed by atoms with Crippen LogP contribution >= 0.6 is 11.6 Å². The van der Waals surface area contributed by atoms with Crippen LogP contribution in [0.2, 0.25) is 5.02 Å². The molecule has 0 fully saturated rings. The Morgan fingerprint density at radius 1 is 1.39 bits per heavy atom. The van der Waals surface area contributed by atoms with Gasteiger partial charge in [-0.1, -0.05) is 23.7 Å². The Bertz CT molecular complexity index is 451. The molecule has 1 aliphatic heterocycles. The van der Waals surface area contributed by atoms with Gasteiger partial charge < -0.3 is 9.47 Å². The molecule has 0 saturated heterocycles. The van der Waals surface area contributed by atoms with Gasteiger partial charge in [-0.05, 0) is 30.5 Å². The van der Waals surface area contributed by atoms with E-state index in [2.05, 4.69) is 0 Å². The Kier molecular flexibility index (Phi) is 4.26. The van der Waals surface area contributed by atoms with Crippen molar-refractivity contribution in [3.05, 3.63) is 46.7 Å². The standard InChI is InChI=1S/C14H15ClO3/c1-17-13-8-12(18-14(16)9-13)7-4-10-2-5-11(15)6-3-10/h2-3,5-6,9,12H,4,7-8H2,1H3. The molecular formula is C14H15ClO3. The highest BCUT2D eigenvalue weighted by Crippen LogP contribution is 2.20. The van der Waals surface area contributed by atoms with Crippen molar-refractivity contribution in [3.63, 3.8) is 0 Å². The van der Waals surface area contributed by atoms with Crippen LogP contribution in [0, 0.1) is 0 Å². The second kappa shape index (κ2) is 5.91. The first kappa shape index (κ1) is 13.0. The molecule has 0 saturated carbocycles. The Labute approximate surface area is 111 Å². The van der Waals surface area contributed by atoms with Gasteiger partial charge in [0.1, 0.15) is 11.9 Å². The van der Waals surface area contributed by atoms with Crippen molar-refractivity contribution >= 4 is 17.6 Å². The molecule has 1 atom stereocenters. The summed E-state index contributed by atoms with van der Waals surface area (Å²) in [5.41, 5.74) is 1.18. The Morgan fingerprint density at radius 3 is 2.78 bits per heavy atom. The molecule has 0 N–H and O–H groups in total. The largest absolute Gasteiger partial charge is 0.501 e. The number of hydrogen-bond acceptors (Lipinski definition) is 3. The van der Waals surface area contributed by atoms with Crippen LogP contribution in [0.15, 0.2) is 36.1 Å². The van der Waals surface area contributed by atoms with Crippen molar-refractivity contribution in [3.8, 4) is 0 Å². The van der Waals surface area contributed by atoms with E-state index in [1.165, 1.54) is 11.6 Å². The number of ether oxygens (including phenoxy) is 2. The number of esters is 1. The summed E-state index contributed by atoms with van der Waals surface area (Å²) < 4.78 is 10.3. The molecule has 1 aromatic rings. The second-order valence-electron chi connectivity index (χ2n) is 4.24. The van der Waals surface area contributed by atoms with Crippen LogP contribution in [0.4, 0.5) is 0 Å². The van der Waals surface area contributed by atoms with Gasteiger partial charge in [0.25, 0.3) is 0 Å². The number of aryl methyl sites for hydroxylation is 1. The molecule has 1 heterocycles. The molecular weight excluding hydrogens is 252 g/mol. The normalized spacial score (nSPS) is 19.1. The van der Waals surface area contributed by atoms with Crippen LogP contribution < -0.4 is 0 Å². The third-order valence-electron chi connectivity index (χ3n) is 2.92. The average Bonchev–Trinajstić information content (AvgIpc) is 2.37. The number of halogens is 1. The van der Waals surface area contributed by atoms with Crippen LogP contribution in [0.25, 0.3) is 0 Å². The summed E-state index contributed by atoms with van der Waals surface area (Å²) in [6.45, 7) is 0. The highest BCUT2D eigenvalue weighted by atomic mass is 35.5. The van der Waals surface area contributed by atoms with Crippen LogP contribution in [0.3, 0.4) is 0 Å². The first-order chi connectivity index (χ1) is 8.67. The van der Waals surface area contributed by atoms with Gasteiger partial charge >= 0.3 is 5.97 Å². The van der Waals surface area contributed by atoms with Crippen molar-refractivity contribution in [2.45, 2.75) is 25.4 Å². The van der Waals surface area contributed by atoms with Gasteiger partial charge in [-0.15, -0.1) is 0 Å². The summed E-state index contributed by atoms with van der Waals surface area (Å²) in [5, 5.41) is 0.729. The third-order valence-corrected chi connectivity index (χ3v) is 3.17. The molecule has 0 radical (unpaired) electrons. The molecule has 4 heteroatoms. The lowest BCUT2D eigenvalue weighted by Gasteiger charge is -2.22. The van der Waals surface area contributed by atoms with Crippen LogP contribution in [0.5, 0.6) is 0 Å². The average molecular weight is 267 g/mol. The first-order valence-corrected chi connectivity index (χ1v) is 6.25. The van der Waals surface area contributed by atoms with Crippen molar-refractivity contribution in [1.29, 1.82) is 0 Å². The predicted molar refractivity (Wildman–Crippen MR) is 69.4 cm³/mol. The zero-order valence-electron chi connectivity index (χ0n) is 10.2. The molecule has 1 aromatic carbocycles. The minimum absolute atomic E-state index is 0.104. The Balaban J connectivity index is 1.89. The molecule has 0 aromatic heterocycles. The molecule has 0 spiro atoms. The van der Waals surface area contributed by atoms with E-state index in [0.717, 1.165) is 17.9 Å². The fourth-order valence-corrected chi connectivity index (χ4v) is 2.06. The van der Waals surface area contributed by atoms with E-state index < -0.39 is 0 Å². The molecule has 1 unspecified atom stereocenters. The summed E-state index contributed by atoms with van der Waals surface area (Å²) in [6, 6.07) is 7.70. The number of carbonyl (C=O) groups is 1. The van der Waals surface area contributed by atoms with Crippen LogP contribution in [-0.4, -0.2) is 19.2 Å². The van der Waals surface area contributed by atoms with E-state index in [0.29, 0.717) is 12.2 Å². The summed E-state index contributed by atoms with van der Waals surface area (Å²) in [7, 11) is 1.57. The molecule has 18 heavy (non-hydrogen) atoms. The quantitative estimate of drug-likeness (QED) is 0.786. The fraction of sp³-hybridized carbons (Fsp3) is 0.357. The van der Waals surface area contributed by atoms with Gasteiger partial charge in [-0.3, -0.25) is 0 Å². The maximum atomic E-state index is 11.3. The molecule has 2 rings (SSSR count). The molecule has 3 nitrogen and oxygen atoms in total. The fourth-order valence-electron chi connectivity index (χ4n) is 1.94.